The Bertz CT molecular complexity index is 592. The van der Waals surface area contributed by atoms with Crippen LogP contribution in [0.15, 0.2) is 30.3 Å². The van der Waals surface area contributed by atoms with Gasteiger partial charge in [-0.3, -0.25) is 0 Å². The number of anilines is 1. The van der Waals surface area contributed by atoms with Crippen LogP contribution < -0.4 is 16.0 Å². The van der Waals surface area contributed by atoms with Gasteiger partial charge in [0.25, 0.3) is 0 Å². The molecular weight excluding hydrogens is 272 g/mol. The van der Waals surface area contributed by atoms with E-state index in [2.05, 4.69) is 15.4 Å². The third kappa shape index (κ3) is 4.38. The molecule has 2 rings (SSSR count). The van der Waals surface area contributed by atoms with Crippen molar-refractivity contribution in [3.8, 4) is 11.6 Å². The van der Waals surface area contributed by atoms with Gasteiger partial charge in [0, 0.05) is 12.7 Å². The van der Waals surface area contributed by atoms with Crippen LogP contribution in [0.2, 0.25) is 0 Å². The first kappa shape index (κ1) is 15.2. The molecule has 1 aromatic carbocycles. The van der Waals surface area contributed by atoms with E-state index in [0.717, 1.165) is 5.56 Å². The predicted octanol–water partition coefficient (Wildman–Crippen LogP) is 1.58. The zero-order valence-corrected chi connectivity index (χ0v) is 11.7. The van der Waals surface area contributed by atoms with E-state index < -0.39 is 0 Å². The Labute approximate surface area is 122 Å². The number of benzene rings is 1. The number of nitrogens with two attached hydrogens (primary N) is 1. The van der Waals surface area contributed by atoms with Gasteiger partial charge in [-0.1, -0.05) is 12.1 Å². The number of nitrogens with zero attached hydrogens (tertiary/aromatic N) is 2. The quantitative estimate of drug-likeness (QED) is 0.525. The Morgan fingerprint density at radius 1 is 1.29 bits per heavy atom. The van der Waals surface area contributed by atoms with Crippen LogP contribution in [-0.4, -0.2) is 21.7 Å². The topological polar surface area (TPSA) is 103 Å². The number of rotatable bonds is 7. The largest absolute Gasteiger partial charge is 0.439 e. The second kappa shape index (κ2) is 7.53. The minimum atomic E-state index is -0.0494. The molecule has 0 aliphatic rings. The third-order valence-corrected chi connectivity index (χ3v) is 2.64. The van der Waals surface area contributed by atoms with Crippen LogP contribution in [0.25, 0.3) is 0 Å². The second-order valence-corrected chi connectivity index (χ2v) is 4.20. The Morgan fingerprint density at radius 3 is 2.86 bits per heavy atom. The lowest BCUT2D eigenvalue weighted by molar-refractivity contribution is 0.128. The molecule has 0 radical (unpaired) electrons. The molecule has 0 aliphatic carbocycles. The molecule has 0 aliphatic heterocycles. The molecule has 0 atom stereocenters. The van der Waals surface area contributed by atoms with E-state index in [1.807, 2.05) is 6.92 Å². The Morgan fingerprint density at radius 2 is 2.14 bits per heavy atom. The molecule has 0 bridgehead atoms. The molecule has 4 N–H and O–H groups in total. The Kier molecular flexibility index (Phi) is 5.44. The van der Waals surface area contributed by atoms with Gasteiger partial charge in [-0.25, -0.2) is 10.8 Å². The minimum absolute atomic E-state index is 0.0494. The van der Waals surface area contributed by atoms with Crippen molar-refractivity contribution in [1.82, 2.24) is 9.97 Å². The van der Waals surface area contributed by atoms with Crippen molar-refractivity contribution in [2.75, 3.05) is 12.0 Å². The normalized spacial score (nSPS) is 10.4. The fourth-order valence-electron chi connectivity index (χ4n) is 1.68. The van der Waals surface area contributed by atoms with Crippen molar-refractivity contribution in [2.45, 2.75) is 20.1 Å². The van der Waals surface area contributed by atoms with E-state index in [-0.39, 0.29) is 13.2 Å². The number of hydrogen-bond donors (Lipinski definition) is 3. The van der Waals surface area contributed by atoms with E-state index in [9.17, 15) is 0 Å². The SMILES string of the molecule is CCOCc1nc(NN)cc(Oc2cccc(CO)c2)n1. The standard InChI is InChI=1S/C14H18N4O3/c1-2-20-9-13-16-12(18-15)7-14(17-13)21-11-5-3-4-10(6-11)8-19/h3-7,19H,2,8-9,15H2,1H3,(H,16,17,18). The van der Waals surface area contributed by atoms with Crippen molar-refractivity contribution < 1.29 is 14.6 Å². The summed E-state index contributed by atoms with van der Waals surface area (Å²) in [6.45, 7) is 2.69. The number of hydrogen-bond acceptors (Lipinski definition) is 7. The molecule has 7 heteroatoms. The summed E-state index contributed by atoms with van der Waals surface area (Å²) in [6, 6.07) is 8.70. The average Bonchev–Trinajstić information content (AvgIpc) is 2.52. The van der Waals surface area contributed by atoms with Crippen molar-refractivity contribution in [3.05, 3.63) is 41.7 Å². The zero-order chi connectivity index (χ0) is 15.1. The van der Waals surface area contributed by atoms with Gasteiger partial charge in [0.05, 0.1) is 6.61 Å². The highest BCUT2D eigenvalue weighted by molar-refractivity contribution is 5.39. The van der Waals surface area contributed by atoms with Crippen molar-refractivity contribution in [3.63, 3.8) is 0 Å². The lowest BCUT2D eigenvalue weighted by Crippen LogP contribution is -2.11. The molecule has 0 saturated carbocycles. The molecular formula is C14H18N4O3. The van der Waals surface area contributed by atoms with Crippen molar-refractivity contribution in [2.24, 2.45) is 5.84 Å². The molecule has 1 heterocycles. The monoisotopic (exact) mass is 290 g/mol. The lowest BCUT2D eigenvalue weighted by atomic mass is 10.2. The first-order chi connectivity index (χ1) is 10.2. The average molecular weight is 290 g/mol. The van der Waals surface area contributed by atoms with E-state index in [4.69, 9.17) is 20.4 Å². The molecule has 0 saturated heterocycles. The van der Waals surface area contributed by atoms with Gasteiger partial charge in [0.2, 0.25) is 5.88 Å². The molecule has 0 fully saturated rings. The Hall–Kier alpha value is -2.22. The Balaban J connectivity index is 2.21. The molecule has 0 unspecified atom stereocenters. The van der Waals surface area contributed by atoms with Gasteiger partial charge < -0.3 is 20.0 Å². The maximum Gasteiger partial charge on any atom is 0.224 e. The fraction of sp³-hybridized carbons (Fsp3) is 0.286. The van der Waals surface area contributed by atoms with Crippen LogP contribution in [0.1, 0.15) is 18.3 Å². The number of ether oxygens (including phenoxy) is 2. The molecule has 7 nitrogen and oxygen atoms in total. The lowest BCUT2D eigenvalue weighted by Gasteiger charge is -2.09. The summed E-state index contributed by atoms with van der Waals surface area (Å²) in [4.78, 5) is 8.43. The molecule has 2 aromatic rings. The molecule has 21 heavy (non-hydrogen) atoms. The molecule has 0 amide bonds. The van der Waals surface area contributed by atoms with Gasteiger partial charge in [-0.15, -0.1) is 0 Å². The molecule has 112 valence electrons. The minimum Gasteiger partial charge on any atom is -0.439 e. The first-order valence-corrected chi connectivity index (χ1v) is 6.55. The molecule has 0 spiro atoms. The number of nitrogens with one attached hydrogen (secondary N) is 1. The van der Waals surface area contributed by atoms with Crippen LogP contribution >= 0.6 is 0 Å². The third-order valence-electron chi connectivity index (χ3n) is 2.64. The fourth-order valence-corrected chi connectivity index (χ4v) is 1.68. The highest BCUT2D eigenvalue weighted by atomic mass is 16.5. The smallest absolute Gasteiger partial charge is 0.224 e. The number of aliphatic hydroxyl groups excluding tert-OH is 1. The van der Waals surface area contributed by atoms with Gasteiger partial charge in [-0.05, 0) is 24.6 Å². The van der Waals surface area contributed by atoms with E-state index in [1.165, 1.54) is 0 Å². The summed E-state index contributed by atoms with van der Waals surface area (Å²) in [7, 11) is 0. The zero-order valence-electron chi connectivity index (χ0n) is 11.7. The summed E-state index contributed by atoms with van der Waals surface area (Å²) in [6.07, 6.45) is 0. The summed E-state index contributed by atoms with van der Waals surface area (Å²) in [5.41, 5.74) is 3.22. The maximum absolute atomic E-state index is 9.13. The summed E-state index contributed by atoms with van der Waals surface area (Å²) in [5, 5.41) is 9.13. The van der Waals surface area contributed by atoms with Crippen molar-refractivity contribution in [1.29, 1.82) is 0 Å². The van der Waals surface area contributed by atoms with Crippen molar-refractivity contribution >= 4 is 5.82 Å². The summed E-state index contributed by atoms with van der Waals surface area (Å²) in [5.74, 6) is 7.22. The van der Waals surface area contributed by atoms with E-state index in [0.29, 0.717) is 29.9 Å². The van der Waals surface area contributed by atoms with E-state index >= 15 is 0 Å². The molecule has 1 aromatic heterocycles. The number of aromatic nitrogens is 2. The van der Waals surface area contributed by atoms with Crippen LogP contribution in [0.4, 0.5) is 5.82 Å². The van der Waals surface area contributed by atoms with E-state index in [1.54, 1.807) is 30.3 Å². The maximum atomic E-state index is 9.13. The first-order valence-electron chi connectivity index (χ1n) is 6.55. The highest BCUT2D eigenvalue weighted by Gasteiger charge is 2.07. The number of aliphatic hydroxyl groups is 1. The highest BCUT2D eigenvalue weighted by Crippen LogP contribution is 2.22. The van der Waals surface area contributed by atoms with Gasteiger partial charge in [0.1, 0.15) is 18.2 Å². The second-order valence-electron chi connectivity index (χ2n) is 4.20. The van der Waals surface area contributed by atoms with Crippen LogP contribution in [-0.2, 0) is 18.0 Å². The van der Waals surface area contributed by atoms with Gasteiger partial charge in [-0.2, -0.15) is 4.98 Å². The number of nitrogen functional groups attached to an aromatic ring is 1. The summed E-state index contributed by atoms with van der Waals surface area (Å²) < 4.78 is 10.9. The van der Waals surface area contributed by atoms with Crippen LogP contribution in [0, 0.1) is 0 Å². The number of hydrazine groups is 1. The van der Waals surface area contributed by atoms with Gasteiger partial charge in [0.15, 0.2) is 5.82 Å². The van der Waals surface area contributed by atoms with Crippen LogP contribution in [0.3, 0.4) is 0 Å². The predicted molar refractivity (Wildman–Crippen MR) is 77.6 cm³/mol. The van der Waals surface area contributed by atoms with Gasteiger partial charge >= 0.3 is 0 Å². The van der Waals surface area contributed by atoms with Crippen LogP contribution in [0.5, 0.6) is 11.6 Å². The summed E-state index contributed by atoms with van der Waals surface area (Å²) >= 11 is 0.